The van der Waals surface area contributed by atoms with E-state index in [1.165, 1.54) is 4.90 Å². The molecule has 2 aliphatic rings. The Kier molecular flexibility index (Phi) is 16.7. The van der Waals surface area contributed by atoms with Crippen molar-refractivity contribution in [3.05, 3.63) is 123 Å². The molecule has 382 valence electrons. The fourth-order valence-corrected chi connectivity index (χ4v) is 9.58. The number of hydrogen-bond acceptors (Lipinski definition) is 11. The number of rotatable bonds is 16. The lowest BCUT2D eigenvalue weighted by Crippen LogP contribution is -2.57. The van der Waals surface area contributed by atoms with Crippen molar-refractivity contribution in [1.82, 2.24) is 35.7 Å². The van der Waals surface area contributed by atoms with Crippen molar-refractivity contribution in [2.24, 2.45) is 5.41 Å². The summed E-state index contributed by atoms with van der Waals surface area (Å²) in [5, 5.41) is 21.9. The maximum Gasteiger partial charge on any atom is 0.417 e. The molecular weight excluding hydrogens is 952 g/mol. The molecule has 7 rings (SSSR count). The molecule has 2 saturated heterocycles. The number of likely N-dealkylation sites (tertiary alicyclic amines) is 1. The predicted molar refractivity (Wildman–Crippen MR) is 269 cm³/mol. The smallest absolute Gasteiger partial charge is 0.391 e. The third-order valence-electron chi connectivity index (χ3n) is 12.9. The number of piperazine rings is 1. The predicted octanol–water partition coefficient (Wildman–Crippen LogP) is 6.21. The summed E-state index contributed by atoms with van der Waals surface area (Å²) >= 11 is 1.55. The lowest BCUT2D eigenvalue weighted by atomic mass is 9.85. The fraction of sp³-hybridized carbons (Fsp3) is 0.404. The zero-order chi connectivity index (χ0) is 51.9. The zero-order valence-electron chi connectivity index (χ0n) is 40.8. The van der Waals surface area contributed by atoms with Crippen LogP contribution in [0, 0.1) is 12.3 Å². The first-order valence-corrected chi connectivity index (χ1v) is 24.7. The van der Waals surface area contributed by atoms with E-state index in [9.17, 15) is 47.0 Å². The Labute approximate surface area is 419 Å². The molecule has 20 heteroatoms. The molecule has 0 saturated carbocycles. The van der Waals surface area contributed by atoms with Gasteiger partial charge in [-0.2, -0.15) is 13.2 Å². The van der Waals surface area contributed by atoms with Crippen molar-refractivity contribution in [1.29, 1.82) is 0 Å². The molecule has 0 aliphatic carbocycles. The monoisotopic (exact) mass is 1010 g/mol. The van der Waals surface area contributed by atoms with Crippen molar-refractivity contribution in [3.8, 4) is 21.6 Å². The van der Waals surface area contributed by atoms with Crippen molar-refractivity contribution in [2.45, 2.75) is 84.3 Å². The largest absolute Gasteiger partial charge is 0.417 e. The van der Waals surface area contributed by atoms with Crippen LogP contribution in [0.5, 0.6) is 0 Å². The first-order chi connectivity index (χ1) is 34.2. The number of nitrogens with one attached hydrogen (secondary N) is 5. The molecule has 3 atom stereocenters. The van der Waals surface area contributed by atoms with Crippen molar-refractivity contribution in [3.63, 3.8) is 0 Å². The van der Waals surface area contributed by atoms with E-state index in [0.29, 0.717) is 54.4 Å². The molecule has 2 aromatic heterocycles. The van der Waals surface area contributed by atoms with E-state index in [1.807, 2.05) is 70.0 Å². The minimum Gasteiger partial charge on any atom is -0.391 e. The van der Waals surface area contributed by atoms with Crippen LogP contribution in [0.4, 0.5) is 24.5 Å². The number of halogens is 3. The molecule has 6 N–H and O–H groups in total. The van der Waals surface area contributed by atoms with Crippen LogP contribution < -0.4 is 31.7 Å². The molecular formula is C52H60F3N9O7S. The van der Waals surface area contributed by atoms with Gasteiger partial charge in [-0.25, -0.2) is 4.98 Å². The number of aromatic nitrogens is 2. The van der Waals surface area contributed by atoms with E-state index in [1.54, 1.807) is 53.2 Å². The lowest BCUT2D eigenvalue weighted by molar-refractivity contribution is -0.144. The summed E-state index contributed by atoms with van der Waals surface area (Å²) < 4.78 is 41.6. The number of likely N-dealkylation sites (N-methyl/N-ethyl adjacent to an activating group) is 1. The number of aryl methyl sites for hydroxylation is 1. The maximum absolute atomic E-state index is 14.1. The number of nitrogens with zero attached hydrogens (tertiary/aromatic N) is 4. The Morgan fingerprint density at radius 1 is 0.875 bits per heavy atom. The van der Waals surface area contributed by atoms with E-state index < -0.39 is 64.2 Å². The third-order valence-corrected chi connectivity index (χ3v) is 13.8. The van der Waals surface area contributed by atoms with Crippen LogP contribution in [0.25, 0.3) is 21.6 Å². The summed E-state index contributed by atoms with van der Waals surface area (Å²) in [5.41, 5.74) is 3.37. The average Bonchev–Trinajstić information content (AvgIpc) is 3.96. The molecule has 16 nitrogen and oxygen atoms in total. The first kappa shape index (κ1) is 52.9. The number of H-pyrrole nitrogens is 1. The van der Waals surface area contributed by atoms with Crippen molar-refractivity contribution < 1.29 is 42.3 Å². The van der Waals surface area contributed by atoms with Gasteiger partial charge >= 0.3 is 6.18 Å². The Bertz CT molecular complexity index is 2820. The van der Waals surface area contributed by atoms with Crippen LogP contribution in [-0.2, 0) is 27.1 Å². The highest BCUT2D eigenvalue weighted by atomic mass is 32.1. The van der Waals surface area contributed by atoms with Gasteiger partial charge in [0.15, 0.2) is 0 Å². The van der Waals surface area contributed by atoms with Gasteiger partial charge in [0.1, 0.15) is 12.1 Å². The summed E-state index contributed by atoms with van der Waals surface area (Å²) in [6.45, 7) is 10.5. The second kappa shape index (κ2) is 22.7. The summed E-state index contributed by atoms with van der Waals surface area (Å²) in [6.07, 6.45) is -4.10. The number of aromatic amines is 1. The normalized spacial score (nSPS) is 16.8. The van der Waals surface area contributed by atoms with Crippen LogP contribution >= 0.6 is 11.3 Å². The summed E-state index contributed by atoms with van der Waals surface area (Å²) in [7, 11) is 1.98. The van der Waals surface area contributed by atoms with Crippen molar-refractivity contribution in [2.75, 3.05) is 56.5 Å². The number of anilines is 2. The van der Waals surface area contributed by atoms with Gasteiger partial charge in [-0.1, -0.05) is 63.2 Å². The van der Waals surface area contributed by atoms with Crippen LogP contribution in [0.2, 0.25) is 0 Å². The van der Waals surface area contributed by atoms with Gasteiger partial charge in [-0.15, -0.1) is 11.3 Å². The first-order valence-electron chi connectivity index (χ1n) is 23.8. The Morgan fingerprint density at radius 3 is 2.21 bits per heavy atom. The number of amides is 5. The topological polar surface area (TPSA) is 209 Å². The average molecular weight is 1010 g/mol. The zero-order valence-corrected chi connectivity index (χ0v) is 41.6. The molecule has 2 aliphatic heterocycles. The minimum absolute atomic E-state index is 0.0478. The fourth-order valence-electron chi connectivity index (χ4n) is 8.76. The number of unbranched alkanes of at least 4 members (excludes halogenated alkanes) is 1. The van der Waals surface area contributed by atoms with Gasteiger partial charge < -0.3 is 46.1 Å². The van der Waals surface area contributed by atoms with Gasteiger partial charge in [0.25, 0.3) is 11.8 Å². The molecule has 0 spiro atoms. The second-order valence-electron chi connectivity index (χ2n) is 19.3. The number of carbonyl (C=O) groups excluding carboxylic acids is 5. The number of β-amino-alcohol motifs (C(OH)–C–C–N with tert-alkyl or cyclic N) is 1. The van der Waals surface area contributed by atoms with E-state index in [4.69, 9.17) is 0 Å². The number of hydrogen-bond donors (Lipinski definition) is 6. The molecule has 5 amide bonds. The maximum atomic E-state index is 14.1. The molecule has 4 heterocycles. The van der Waals surface area contributed by atoms with E-state index in [-0.39, 0.29) is 50.0 Å². The second-order valence-corrected chi connectivity index (χ2v) is 20.2. The van der Waals surface area contributed by atoms with Crippen LogP contribution in [0.15, 0.2) is 89.3 Å². The van der Waals surface area contributed by atoms with E-state index in [2.05, 4.69) is 36.1 Å². The third kappa shape index (κ3) is 13.1. The molecule has 0 unspecified atom stereocenters. The molecule has 72 heavy (non-hydrogen) atoms. The van der Waals surface area contributed by atoms with E-state index >= 15 is 0 Å². The highest BCUT2D eigenvalue weighted by Gasteiger charge is 2.44. The SMILES string of the molecule is Cc1ncsc1-c1ccc(CNC(=O)[C@@H]2C[C@H](O)CN2C(=O)[C@@H](NC(=O)CCCCNC(=O)c2ccc(-c3ccc(N4CCN(C)CC4)c(NC(=O)c4c[nH]c(=O)cc4C(F)(F)F)c3)cc2)C(C)(C)C)cc1. The van der Waals surface area contributed by atoms with Crippen LogP contribution in [-0.4, -0.2) is 119 Å². The summed E-state index contributed by atoms with van der Waals surface area (Å²) in [6, 6.07) is 18.2. The number of carbonyl (C=O) groups is 5. The van der Waals surface area contributed by atoms with Crippen molar-refractivity contribution >= 4 is 52.2 Å². The van der Waals surface area contributed by atoms with Crippen LogP contribution in [0.1, 0.15) is 84.0 Å². The van der Waals surface area contributed by atoms with Gasteiger partial charge in [-0.05, 0) is 78.7 Å². The summed E-state index contributed by atoms with van der Waals surface area (Å²) in [4.78, 5) is 92.2. The van der Waals surface area contributed by atoms with Gasteiger partial charge in [-0.3, -0.25) is 28.8 Å². The number of thiazole rings is 1. The number of aliphatic hydroxyl groups excluding tert-OH is 1. The Morgan fingerprint density at radius 2 is 1.56 bits per heavy atom. The number of alkyl halides is 3. The molecule has 0 bridgehead atoms. The number of pyridine rings is 1. The van der Waals surface area contributed by atoms with Gasteiger partial charge in [0, 0.05) is 76.5 Å². The minimum atomic E-state index is -4.94. The number of aliphatic hydroxyl groups is 1. The lowest BCUT2D eigenvalue weighted by Gasteiger charge is -2.35. The quantitative estimate of drug-likeness (QED) is 0.0617. The molecule has 0 radical (unpaired) electrons. The van der Waals surface area contributed by atoms with Crippen LogP contribution in [0.3, 0.4) is 0 Å². The van der Waals surface area contributed by atoms with E-state index in [0.717, 1.165) is 41.0 Å². The highest BCUT2D eigenvalue weighted by Crippen LogP contribution is 2.36. The Balaban J connectivity index is 0.907. The summed E-state index contributed by atoms with van der Waals surface area (Å²) in [5.74, 6) is -2.63. The molecule has 2 fully saturated rings. The number of benzene rings is 3. The Hall–Kier alpha value is -6.90. The van der Waals surface area contributed by atoms with Gasteiger partial charge in [0.2, 0.25) is 23.3 Å². The molecule has 5 aromatic rings. The molecule has 3 aromatic carbocycles. The highest BCUT2D eigenvalue weighted by molar-refractivity contribution is 7.13. The standard InChI is InChI=1S/C52H60F3N9O7S/c1-31-45(72-30-59-31)34-11-9-32(10-12-34)27-58-49(70)42-25-37(65)29-64(42)50(71)46(51(2,3)4)61-43(66)8-6-7-19-56-47(68)35-15-13-33(14-16-35)36-17-18-41(63-22-20-62(5)21-23-63)40(24-36)60-48(69)38-28-57-44(67)26-39(38)52(53,54)55/h9-18,24,26,28,30,37,42,46,65H,6-8,19-23,25,27,29H2,1-5H3,(H,56,68)(H,57,67)(H,58,70)(H,60,69)(H,61,66)/t37-,42-,46+/m0/s1. The van der Waals surface area contributed by atoms with Gasteiger partial charge in [0.05, 0.1) is 44.7 Å².